The standard InChI is InChI=1S/C24H24ClN3O4/c1-15(2)16-8-10-19(21(12-16)32-14-31-3)24(30)27-20-7-5-4-6-18(20)23(29)28-22-11-9-17(25)13-26-22/h4-13,15H,14H2,1-3H3,(H,27,30)(H,26,28,29). The first-order valence-electron chi connectivity index (χ1n) is 9.98. The van der Waals surface area contributed by atoms with Crippen molar-refractivity contribution in [1.82, 2.24) is 4.98 Å². The fourth-order valence-corrected chi connectivity index (χ4v) is 3.05. The number of pyridine rings is 1. The van der Waals surface area contributed by atoms with Crippen LogP contribution in [0.2, 0.25) is 5.02 Å². The lowest BCUT2D eigenvalue weighted by molar-refractivity contribution is 0.0502. The molecule has 0 unspecified atom stereocenters. The number of nitrogens with one attached hydrogen (secondary N) is 2. The second kappa shape index (κ2) is 10.7. The lowest BCUT2D eigenvalue weighted by Crippen LogP contribution is -2.19. The Labute approximate surface area is 191 Å². The van der Waals surface area contributed by atoms with Gasteiger partial charge in [0.2, 0.25) is 0 Å². The van der Waals surface area contributed by atoms with Crippen LogP contribution in [0.25, 0.3) is 0 Å². The Morgan fingerprint density at radius 3 is 2.44 bits per heavy atom. The van der Waals surface area contributed by atoms with Crippen molar-refractivity contribution in [2.24, 2.45) is 0 Å². The zero-order chi connectivity index (χ0) is 23.1. The van der Waals surface area contributed by atoms with Gasteiger partial charge in [0.15, 0.2) is 6.79 Å². The summed E-state index contributed by atoms with van der Waals surface area (Å²) in [5, 5.41) is 5.97. The van der Waals surface area contributed by atoms with Crippen molar-refractivity contribution in [3.63, 3.8) is 0 Å². The van der Waals surface area contributed by atoms with Gasteiger partial charge in [0.25, 0.3) is 11.8 Å². The van der Waals surface area contributed by atoms with Crippen LogP contribution in [-0.2, 0) is 4.74 Å². The highest BCUT2D eigenvalue weighted by atomic mass is 35.5. The van der Waals surface area contributed by atoms with E-state index in [4.69, 9.17) is 21.1 Å². The summed E-state index contributed by atoms with van der Waals surface area (Å²) in [7, 11) is 1.51. The molecular formula is C24H24ClN3O4. The van der Waals surface area contributed by atoms with Crippen molar-refractivity contribution in [3.05, 3.63) is 82.5 Å². The van der Waals surface area contributed by atoms with Gasteiger partial charge in [0.1, 0.15) is 11.6 Å². The number of para-hydroxylation sites is 1. The number of aromatic nitrogens is 1. The summed E-state index contributed by atoms with van der Waals surface area (Å²) < 4.78 is 10.6. The molecule has 7 nitrogen and oxygen atoms in total. The van der Waals surface area contributed by atoms with Gasteiger partial charge in [-0.25, -0.2) is 4.98 Å². The monoisotopic (exact) mass is 453 g/mol. The van der Waals surface area contributed by atoms with Crippen LogP contribution in [-0.4, -0.2) is 30.7 Å². The van der Waals surface area contributed by atoms with E-state index in [1.54, 1.807) is 42.5 Å². The van der Waals surface area contributed by atoms with E-state index in [1.165, 1.54) is 13.3 Å². The average molecular weight is 454 g/mol. The summed E-state index contributed by atoms with van der Waals surface area (Å²) in [5.41, 5.74) is 2.01. The maximum Gasteiger partial charge on any atom is 0.259 e. The lowest BCUT2D eigenvalue weighted by Gasteiger charge is -2.15. The molecule has 2 N–H and O–H groups in total. The molecule has 0 aliphatic rings. The first kappa shape index (κ1) is 23.2. The minimum Gasteiger partial charge on any atom is -0.467 e. The van der Waals surface area contributed by atoms with Crippen molar-refractivity contribution < 1.29 is 19.1 Å². The number of benzene rings is 2. The number of rotatable bonds is 8. The molecule has 32 heavy (non-hydrogen) atoms. The van der Waals surface area contributed by atoms with Gasteiger partial charge in [-0.15, -0.1) is 0 Å². The molecule has 8 heteroatoms. The van der Waals surface area contributed by atoms with Crippen LogP contribution in [0.3, 0.4) is 0 Å². The van der Waals surface area contributed by atoms with E-state index in [0.717, 1.165) is 5.56 Å². The van der Waals surface area contributed by atoms with Gasteiger partial charge >= 0.3 is 0 Å². The molecule has 1 heterocycles. The number of carbonyl (C=O) groups is 2. The van der Waals surface area contributed by atoms with Crippen LogP contribution in [0.1, 0.15) is 46.0 Å². The summed E-state index contributed by atoms with van der Waals surface area (Å²) in [6.45, 7) is 4.12. The Morgan fingerprint density at radius 2 is 1.75 bits per heavy atom. The predicted molar refractivity (Wildman–Crippen MR) is 125 cm³/mol. The highest BCUT2D eigenvalue weighted by molar-refractivity contribution is 6.30. The second-order valence-corrected chi connectivity index (χ2v) is 7.71. The summed E-state index contributed by atoms with van der Waals surface area (Å²) in [4.78, 5) is 29.9. The quantitative estimate of drug-likeness (QED) is 0.449. The predicted octanol–water partition coefficient (Wildman–Crippen LogP) is 5.35. The minimum absolute atomic E-state index is 0.00884. The zero-order valence-corrected chi connectivity index (χ0v) is 18.8. The number of carbonyl (C=O) groups excluding carboxylic acids is 2. The van der Waals surface area contributed by atoms with E-state index in [9.17, 15) is 9.59 Å². The number of anilines is 2. The molecule has 0 radical (unpaired) electrons. The van der Waals surface area contributed by atoms with Gasteiger partial charge in [-0.1, -0.05) is 43.6 Å². The van der Waals surface area contributed by atoms with Crippen LogP contribution in [0.5, 0.6) is 5.75 Å². The van der Waals surface area contributed by atoms with Crippen LogP contribution in [0.15, 0.2) is 60.8 Å². The molecule has 0 bridgehead atoms. The average Bonchev–Trinajstić information content (AvgIpc) is 2.79. The number of amides is 2. The Balaban J connectivity index is 1.84. The highest BCUT2D eigenvalue weighted by Crippen LogP contribution is 2.27. The van der Waals surface area contributed by atoms with Crippen molar-refractivity contribution in [3.8, 4) is 5.75 Å². The summed E-state index contributed by atoms with van der Waals surface area (Å²) >= 11 is 5.84. The van der Waals surface area contributed by atoms with E-state index in [-0.39, 0.29) is 18.3 Å². The Morgan fingerprint density at radius 1 is 1.00 bits per heavy atom. The largest absolute Gasteiger partial charge is 0.467 e. The topological polar surface area (TPSA) is 89.5 Å². The number of nitrogens with zero attached hydrogens (tertiary/aromatic N) is 1. The maximum absolute atomic E-state index is 13.1. The molecule has 3 aromatic rings. The smallest absolute Gasteiger partial charge is 0.259 e. The van der Waals surface area contributed by atoms with Crippen LogP contribution >= 0.6 is 11.6 Å². The highest BCUT2D eigenvalue weighted by Gasteiger charge is 2.18. The number of hydrogen-bond acceptors (Lipinski definition) is 5. The molecule has 0 spiro atoms. The number of ether oxygens (including phenoxy) is 2. The molecule has 1 aromatic heterocycles. The van der Waals surface area contributed by atoms with E-state index in [1.807, 2.05) is 12.1 Å². The Kier molecular flexibility index (Phi) is 7.81. The van der Waals surface area contributed by atoms with Crippen molar-refractivity contribution in [2.45, 2.75) is 19.8 Å². The van der Waals surface area contributed by atoms with Gasteiger partial charge in [0, 0.05) is 13.3 Å². The molecule has 166 valence electrons. The SMILES string of the molecule is COCOc1cc(C(C)C)ccc1C(=O)Nc1ccccc1C(=O)Nc1ccc(Cl)cn1. The molecule has 0 saturated heterocycles. The molecule has 0 aliphatic heterocycles. The van der Waals surface area contributed by atoms with Crippen molar-refractivity contribution in [2.75, 3.05) is 24.5 Å². The maximum atomic E-state index is 13.1. The second-order valence-electron chi connectivity index (χ2n) is 7.28. The molecule has 3 rings (SSSR count). The Bertz CT molecular complexity index is 1100. The summed E-state index contributed by atoms with van der Waals surface area (Å²) in [6, 6.07) is 15.3. The van der Waals surface area contributed by atoms with E-state index < -0.39 is 11.8 Å². The minimum atomic E-state index is -0.415. The number of halogens is 1. The van der Waals surface area contributed by atoms with E-state index >= 15 is 0 Å². The summed E-state index contributed by atoms with van der Waals surface area (Å²) in [6.07, 6.45) is 1.44. The van der Waals surface area contributed by atoms with Gasteiger partial charge in [0.05, 0.1) is 21.8 Å². The van der Waals surface area contributed by atoms with E-state index in [0.29, 0.717) is 27.8 Å². The van der Waals surface area contributed by atoms with Crippen molar-refractivity contribution in [1.29, 1.82) is 0 Å². The molecule has 2 aromatic carbocycles. The van der Waals surface area contributed by atoms with Gasteiger partial charge < -0.3 is 20.1 Å². The molecule has 0 fully saturated rings. The molecule has 0 saturated carbocycles. The molecule has 0 aliphatic carbocycles. The number of hydrogen-bond donors (Lipinski definition) is 2. The fraction of sp³-hybridized carbons (Fsp3) is 0.208. The van der Waals surface area contributed by atoms with Crippen molar-refractivity contribution >= 4 is 34.9 Å². The third-order valence-electron chi connectivity index (χ3n) is 4.64. The van der Waals surface area contributed by atoms with Gasteiger partial charge in [-0.05, 0) is 47.9 Å². The molecular weight excluding hydrogens is 430 g/mol. The molecule has 2 amide bonds. The number of methoxy groups -OCH3 is 1. The molecule has 0 atom stereocenters. The third-order valence-corrected chi connectivity index (χ3v) is 4.86. The summed E-state index contributed by atoms with van der Waals surface area (Å²) in [5.74, 6) is 0.198. The van der Waals surface area contributed by atoms with Crippen LogP contribution < -0.4 is 15.4 Å². The first-order chi connectivity index (χ1) is 15.4. The lowest BCUT2D eigenvalue weighted by atomic mass is 10.0. The first-order valence-corrected chi connectivity index (χ1v) is 10.4. The van der Waals surface area contributed by atoms with Crippen LogP contribution in [0.4, 0.5) is 11.5 Å². The third kappa shape index (κ3) is 5.84. The fourth-order valence-electron chi connectivity index (χ4n) is 2.94. The zero-order valence-electron chi connectivity index (χ0n) is 18.0. The Hall–Kier alpha value is -3.42. The van der Waals surface area contributed by atoms with Gasteiger partial charge in [-0.2, -0.15) is 0 Å². The van der Waals surface area contributed by atoms with Crippen LogP contribution in [0, 0.1) is 0 Å². The van der Waals surface area contributed by atoms with Gasteiger partial charge in [-0.3, -0.25) is 9.59 Å². The normalized spacial score (nSPS) is 10.7. The van der Waals surface area contributed by atoms with E-state index in [2.05, 4.69) is 29.5 Å².